The van der Waals surface area contributed by atoms with Crippen molar-refractivity contribution in [3.8, 4) is 11.4 Å². The molecular weight excluding hydrogens is 438 g/mol. The number of carbonyl (C=O) groups is 1. The van der Waals surface area contributed by atoms with E-state index in [2.05, 4.69) is 4.98 Å². The largest absolute Gasteiger partial charge is 0.495 e. The number of carbonyl (C=O) groups excluding carboxylic acids is 1. The molecule has 0 aliphatic heterocycles. The first-order valence-corrected chi connectivity index (χ1v) is 11.3. The van der Waals surface area contributed by atoms with Crippen molar-refractivity contribution in [1.29, 1.82) is 0 Å². The number of nitro groups is 1. The Labute approximate surface area is 195 Å². The fourth-order valence-corrected chi connectivity index (χ4v) is 4.68. The number of para-hydroxylation sites is 2. The lowest BCUT2D eigenvalue weighted by atomic mass is 9.99. The van der Waals surface area contributed by atoms with E-state index in [9.17, 15) is 14.9 Å². The molecule has 1 aromatic heterocycles. The zero-order chi connectivity index (χ0) is 23.7. The summed E-state index contributed by atoms with van der Waals surface area (Å²) in [7, 11) is 1.58. The lowest BCUT2D eigenvalue weighted by molar-refractivity contribution is -0.384. The third kappa shape index (κ3) is 4.34. The first-order chi connectivity index (χ1) is 15.8. The number of hydrogen-bond donors (Lipinski definition) is 0. The molecule has 0 radical (unpaired) electrons. The van der Waals surface area contributed by atoms with Gasteiger partial charge < -0.3 is 4.74 Å². The lowest BCUT2D eigenvalue weighted by Crippen LogP contribution is -2.07. The van der Waals surface area contributed by atoms with Gasteiger partial charge in [0.05, 0.1) is 34.5 Å². The molecule has 7 nitrogen and oxygen atoms in total. The van der Waals surface area contributed by atoms with E-state index in [1.54, 1.807) is 13.2 Å². The molecule has 0 unspecified atom stereocenters. The predicted molar refractivity (Wildman–Crippen MR) is 130 cm³/mol. The lowest BCUT2D eigenvalue weighted by Gasteiger charge is -2.13. The first kappa shape index (κ1) is 22.5. The van der Waals surface area contributed by atoms with Crippen molar-refractivity contribution in [3.05, 3.63) is 87.0 Å². The Balaban J connectivity index is 1.77. The maximum absolute atomic E-state index is 13.1. The number of methoxy groups -OCH3 is 1. The van der Waals surface area contributed by atoms with E-state index in [1.165, 1.54) is 23.9 Å². The van der Waals surface area contributed by atoms with E-state index >= 15 is 0 Å². The van der Waals surface area contributed by atoms with Crippen LogP contribution in [-0.2, 0) is 0 Å². The predicted octanol–water partition coefficient (Wildman–Crippen LogP) is 5.84. The summed E-state index contributed by atoms with van der Waals surface area (Å²) in [6, 6.07) is 16.0. The van der Waals surface area contributed by atoms with Crippen LogP contribution in [0, 0.1) is 30.9 Å². The molecule has 0 fully saturated rings. The number of fused-ring (bicyclic) bond motifs is 1. The minimum Gasteiger partial charge on any atom is -0.495 e. The van der Waals surface area contributed by atoms with Gasteiger partial charge in [0.15, 0.2) is 10.9 Å². The van der Waals surface area contributed by atoms with Crippen molar-refractivity contribution >= 4 is 34.3 Å². The number of imidazole rings is 1. The van der Waals surface area contributed by atoms with Crippen LogP contribution in [0.3, 0.4) is 0 Å². The molecule has 0 saturated carbocycles. The number of benzene rings is 3. The summed E-state index contributed by atoms with van der Waals surface area (Å²) in [6.45, 7) is 5.96. The van der Waals surface area contributed by atoms with Gasteiger partial charge in [-0.25, -0.2) is 4.98 Å². The fraction of sp³-hybridized carbons (Fsp3) is 0.200. The average molecular weight is 462 g/mol. The molecule has 0 bridgehead atoms. The van der Waals surface area contributed by atoms with Gasteiger partial charge >= 0.3 is 0 Å². The molecule has 1 heterocycles. The molecule has 0 amide bonds. The second-order valence-electron chi connectivity index (χ2n) is 7.80. The van der Waals surface area contributed by atoms with Crippen LogP contribution in [0.15, 0.2) is 59.8 Å². The summed E-state index contributed by atoms with van der Waals surface area (Å²) in [5.74, 6) is 0.822. The van der Waals surface area contributed by atoms with Gasteiger partial charge in [0.25, 0.3) is 5.69 Å². The van der Waals surface area contributed by atoms with Gasteiger partial charge in [-0.2, -0.15) is 0 Å². The van der Waals surface area contributed by atoms with Gasteiger partial charge in [0.2, 0.25) is 0 Å². The standard InChI is InChI=1S/C25H23N3O4S/c1-15-11-17(3)19(12-16(15)2)23(29)14-33-25-26-20-13-18(28(30)31)9-10-21(20)27(25)22-7-5-6-8-24(22)32-4/h5-13H,14H2,1-4H3. The Morgan fingerprint density at radius 3 is 2.52 bits per heavy atom. The Morgan fingerprint density at radius 2 is 1.79 bits per heavy atom. The van der Waals surface area contributed by atoms with Gasteiger partial charge in [-0.3, -0.25) is 19.5 Å². The summed E-state index contributed by atoms with van der Waals surface area (Å²) in [5.41, 5.74) is 5.74. The van der Waals surface area contributed by atoms with Gasteiger partial charge in [-0.15, -0.1) is 0 Å². The van der Waals surface area contributed by atoms with E-state index in [4.69, 9.17) is 4.74 Å². The van der Waals surface area contributed by atoms with E-state index in [0.717, 1.165) is 22.4 Å². The van der Waals surface area contributed by atoms with Gasteiger partial charge in [0, 0.05) is 17.7 Å². The smallest absolute Gasteiger partial charge is 0.271 e. The molecule has 0 saturated heterocycles. The summed E-state index contributed by atoms with van der Waals surface area (Å²) >= 11 is 1.30. The number of nitro benzene ring substituents is 1. The van der Waals surface area contributed by atoms with Crippen molar-refractivity contribution < 1.29 is 14.5 Å². The van der Waals surface area contributed by atoms with Gasteiger partial charge in [0.1, 0.15) is 5.75 Å². The Kier molecular flexibility index (Phi) is 6.20. The van der Waals surface area contributed by atoms with Gasteiger partial charge in [-0.05, 0) is 61.7 Å². The minimum absolute atomic E-state index is 0.00483. The quantitative estimate of drug-likeness (QED) is 0.149. The molecule has 4 aromatic rings. The first-order valence-electron chi connectivity index (χ1n) is 10.3. The molecular formula is C25H23N3O4S. The number of thioether (sulfide) groups is 1. The van der Waals surface area contributed by atoms with Crippen molar-refractivity contribution in [2.45, 2.75) is 25.9 Å². The summed E-state index contributed by atoms with van der Waals surface area (Å²) < 4.78 is 7.42. The average Bonchev–Trinajstić information content (AvgIpc) is 3.17. The maximum atomic E-state index is 13.1. The number of ketones is 1. The van der Waals surface area contributed by atoms with E-state index in [-0.39, 0.29) is 17.2 Å². The van der Waals surface area contributed by atoms with Crippen LogP contribution in [0.4, 0.5) is 5.69 Å². The maximum Gasteiger partial charge on any atom is 0.271 e. The molecule has 0 aliphatic carbocycles. The second-order valence-corrected chi connectivity index (χ2v) is 8.74. The minimum atomic E-state index is -0.444. The highest BCUT2D eigenvalue weighted by Gasteiger charge is 2.20. The highest BCUT2D eigenvalue weighted by atomic mass is 32.2. The number of aryl methyl sites for hydroxylation is 3. The molecule has 0 aliphatic rings. The van der Waals surface area contributed by atoms with Crippen molar-refractivity contribution in [3.63, 3.8) is 0 Å². The summed E-state index contributed by atoms with van der Waals surface area (Å²) in [5, 5.41) is 11.8. The number of ether oxygens (including phenoxy) is 1. The zero-order valence-electron chi connectivity index (χ0n) is 18.8. The monoisotopic (exact) mass is 461 g/mol. The highest BCUT2D eigenvalue weighted by molar-refractivity contribution is 7.99. The molecule has 3 aromatic carbocycles. The Bertz CT molecular complexity index is 1390. The normalized spacial score (nSPS) is 11.0. The van der Waals surface area contributed by atoms with Crippen LogP contribution in [0.25, 0.3) is 16.7 Å². The van der Waals surface area contributed by atoms with Crippen LogP contribution >= 0.6 is 11.8 Å². The molecule has 8 heteroatoms. The second kappa shape index (κ2) is 9.07. The number of rotatable bonds is 7. The topological polar surface area (TPSA) is 87.3 Å². The molecule has 0 spiro atoms. The Hall–Kier alpha value is -3.65. The van der Waals surface area contributed by atoms with Gasteiger partial charge in [-0.1, -0.05) is 30.0 Å². The fourth-order valence-electron chi connectivity index (χ4n) is 3.77. The van der Waals surface area contributed by atoms with E-state index in [1.807, 2.05) is 61.7 Å². The third-order valence-corrected chi connectivity index (χ3v) is 6.56. The SMILES string of the molecule is COc1ccccc1-n1c(SCC(=O)c2cc(C)c(C)cc2C)nc2cc([N+](=O)[O-])ccc21. The molecule has 0 N–H and O–H groups in total. The summed E-state index contributed by atoms with van der Waals surface area (Å²) in [4.78, 5) is 28.5. The van der Waals surface area contributed by atoms with Crippen molar-refractivity contribution in [2.75, 3.05) is 12.9 Å². The third-order valence-electron chi connectivity index (χ3n) is 5.62. The van der Waals surface area contributed by atoms with Crippen molar-refractivity contribution in [2.24, 2.45) is 0 Å². The highest BCUT2D eigenvalue weighted by Crippen LogP contribution is 2.34. The van der Waals surface area contributed by atoms with E-state index in [0.29, 0.717) is 27.5 Å². The molecule has 4 rings (SSSR count). The Morgan fingerprint density at radius 1 is 1.06 bits per heavy atom. The molecule has 33 heavy (non-hydrogen) atoms. The number of Topliss-reactive ketones (excluding diaryl/α,β-unsaturated/α-hetero) is 1. The van der Waals surface area contributed by atoms with Crippen LogP contribution in [0.5, 0.6) is 5.75 Å². The van der Waals surface area contributed by atoms with Crippen LogP contribution in [0.2, 0.25) is 0 Å². The number of non-ortho nitro benzene ring substituents is 1. The van der Waals surface area contributed by atoms with Crippen molar-refractivity contribution in [1.82, 2.24) is 9.55 Å². The molecule has 0 atom stereocenters. The van der Waals surface area contributed by atoms with Crippen LogP contribution in [-0.4, -0.2) is 33.1 Å². The number of aromatic nitrogens is 2. The number of hydrogen-bond acceptors (Lipinski definition) is 6. The zero-order valence-corrected chi connectivity index (χ0v) is 19.6. The molecule has 168 valence electrons. The number of nitrogens with zero attached hydrogens (tertiary/aromatic N) is 3. The van der Waals surface area contributed by atoms with E-state index < -0.39 is 4.92 Å². The van der Waals surface area contributed by atoms with Crippen LogP contribution in [0.1, 0.15) is 27.0 Å². The summed E-state index contributed by atoms with van der Waals surface area (Å²) in [6.07, 6.45) is 0. The van der Waals surface area contributed by atoms with Crippen LogP contribution < -0.4 is 4.74 Å².